The van der Waals surface area contributed by atoms with Gasteiger partial charge in [0, 0.05) is 16.3 Å². The zero-order chi connectivity index (χ0) is 20.0. The number of ether oxygens (including phenoxy) is 2. The number of carbonyl (C=O) groups excluding carboxylic acids is 3. The number of rotatable bonds is 7. The van der Waals surface area contributed by atoms with Gasteiger partial charge in [0.1, 0.15) is 5.75 Å². The molecule has 7 nitrogen and oxygen atoms in total. The quantitative estimate of drug-likeness (QED) is 0.707. The maximum atomic E-state index is 12.1. The molecule has 0 aliphatic carbocycles. The van der Waals surface area contributed by atoms with Crippen molar-refractivity contribution >= 4 is 35.1 Å². The number of anilines is 1. The van der Waals surface area contributed by atoms with Crippen LogP contribution in [0.25, 0.3) is 0 Å². The number of carbonyl (C=O) groups is 3. The van der Waals surface area contributed by atoms with Crippen molar-refractivity contribution < 1.29 is 23.9 Å². The minimum atomic E-state index is -1.04. The Bertz CT molecular complexity index is 821. The van der Waals surface area contributed by atoms with E-state index in [-0.39, 0.29) is 0 Å². The third-order valence-corrected chi connectivity index (χ3v) is 3.81. The summed E-state index contributed by atoms with van der Waals surface area (Å²) in [6.45, 7) is 2.96. The molecule has 2 aromatic rings. The van der Waals surface area contributed by atoms with Crippen LogP contribution in [0.4, 0.5) is 5.69 Å². The van der Waals surface area contributed by atoms with E-state index in [4.69, 9.17) is 26.8 Å². The number of amides is 2. The molecule has 2 rings (SSSR count). The van der Waals surface area contributed by atoms with Gasteiger partial charge in [0.2, 0.25) is 5.91 Å². The second-order valence-corrected chi connectivity index (χ2v) is 6.16. The molecule has 0 fully saturated rings. The number of nitrogens with one attached hydrogen (secondary N) is 1. The van der Waals surface area contributed by atoms with Crippen molar-refractivity contribution in [2.45, 2.75) is 26.1 Å². The fourth-order valence-electron chi connectivity index (χ4n) is 2.05. The molecule has 3 N–H and O–H groups in total. The summed E-state index contributed by atoms with van der Waals surface area (Å²) in [6, 6.07) is 12.5. The lowest BCUT2D eigenvalue weighted by Gasteiger charge is -2.18. The molecule has 0 saturated carbocycles. The van der Waals surface area contributed by atoms with Gasteiger partial charge >= 0.3 is 5.97 Å². The molecule has 0 radical (unpaired) electrons. The largest absolute Gasteiger partial charge is 0.479 e. The Morgan fingerprint density at radius 1 is 0.963 bits per heavy atom. The van der Waals surface area contributed by atoms with Crippen LogP contribution in [-0.4, -0.2) is 30.0 Å². The monoisotopic (exact) mass is 390 g/mol. The lowest BCUT2D eigenvalue weighted by molar-refractivity contribution is -0.159. The molecule has 2 aromatic carbocycles. The average Bonchev–Trinajstić information content (AvgIpc) is 2.63. The van der Waals surface area contributed by atoms with Gasteiger partial charge in [0.05, 0.1) is 0 Å². The Morgan fingerprint density at radius 3 is 2.11 bits per heavy atom. The number of halogens is 1. The van der Waals surface area contributed by atoms with Gasteiger partial charge in [-0.25, -0.2) is 4.79 Å². The molecule has 0 spiro atoms. The van der Waals surface area contributed by atoms with Gasteiger partial charge in [-0.15, -0.1) is 0 Å². The first-order chi connectivity index (χ1) is 12.8. The van der Waals surface area contributed by atoms with Crippen molar-refractivity contribution in [2.75, 3.05) is 5.32 Å². The van der Waals surface area contributed by atoms with E-state index in [1.54, 1.807) is 24.3 Å². The van der Waals surface area contributed by atoms with Gasteiger partial charge in [-0.2, -0.15) is 0 Å². The van der Waals surface area contributed by atoms with Crippen LogP contribution in [0.2, 0.25) is 5.02 Å². The molecular weight excluding hydrogens is 372 g/mol. The zero-order valence-corrected chi connectivity index (χ0v) is 15.5. The van der Waals surface area contributed by atoms with Crippen LogP contribution in [0.1, 0.15) is 24.2 Å². The highest BCUT2D eigenvalue weighted by Gasteiger charge is 2.23. The van der Waals surface area contributed by atoms with E-state index in [0.717, 1.165) is 0 Å². The van der Waals surface area contributed by atoms with Gasteiger partial charge in [0.25, 0.3) is 5.91 Å². The van der Waals surface area contributed by atoms with Gasteiger partial charge in [0.15, 0.2) is 12.2 Å². The number of hydrogen-bond acceptors (Lipinski definition) is 5. The summed E-state index contributed by atoms with van der Waals surface area (Å²) in [5.41, 5.74) is 5.92. The first kappa shape index (κ1) is 20.3. The van der Waals surface area contributed by atoms with E-state index in [0.29, 0.717) is 22.0 Å². The number of benzene rings is 2. The second-order valence-electron chi connectivity index (χ2n) is 5.72. The molecular formula is C19H19ClN2O5. The molecule has 2 amide bonds. The van der Waals surface area contributed by atoms with E-state index in [1.165, 1.54) is 38.1 Å². The Labute approximate surface area is 161 Å². The van der Waals surface area contributed by atoms with Gasteiger partial charge in [-0.05, 0) is 62.4 Å². The fourth-order valence-corrected chi connectivity index (χ4v) is 2.18. The summed E-state index contributed by atoms with van der Waals surface area (Å²) >= 11 is 5.79. The predicted molar refractivity (Wildman–Crippen MR) is 101 cm³/mol. The van der Waals surface area contributed by atoms with Gasteiger partial charge < -0.3 is 20.5 Å². The average molecular weight is 391 g/mol. The Hall–Kier alpha value is -3.06. The van der Waals surface area contributed by atoms with Crippen molar-refractivity contribution in [2.24, 2.45) is 5.73 Å². The van der Waals surface area contributed by atoms with Crippen molar-refractivity contribution in [1.29, 1.82) is 0 Å². The summed E-state index contributed by atoms with van der Waals surface area (Å²) in [5.74, 6) is -1.31. The van der Waals surface area contributed by atoms with Crippen LogP contribution in [0.15, 0.2) is 48.5 Å². The molecule has 0 aliphatic heterocycles. The second kappa shape index (κ2) is 9.05. The van der Waals surface area contributed by atoms with Crippen LogP contribution in [-0.2, 0) is 14.3 Å². The summed E-state index contributed by atoms with van der Waals surface area (Å²) in [7, 11) is 0. The van der Waals surface area contributed by atoms with Crippen molar-refractivity contribution in [3.63, 3.8) is 0 Å². The van der Waals surface area contributed by atoms with Gasteiger partial charge in [-0.1, -0.05) is 11.6 Å². The minimum Gasteiger partial charge on any atom is -0.479 e. The highest BCUT2D eigenvalue weighted by atomic mass is 35.5. The van der Waals surface area contributed by atoms with Crippen LogP contribution >= 0.6 is 11.6 Å². The summed E-state index contributed by atoms with van der Waals surface area (Å²) < 4.78 is 10.6. The van der Waals surface area contributed by atoms with Crippen molar-refractivity contribution in [3.05, 3.63) is 59.1 Å². The Kier molecular flexibility index (Phi) is 6.79. The SMILES string of the molecule is C[C@H](OC(=O)[C@@H](C)Oc1ccc(Cl)cc1)C(=O)Nc1ccc(C(N)=O)cc1. The van der Waals surface area contributed by atoms with E-state index < -0.39 is 30.0 Å². The predicted octanol–water partition coefficient (Wildman–Crippen LogP) is 2.78. The molecule has 27 heavy (non-hydrogen) atoms. The van der Waals surface area contributed by atoms with E-state index in [2.05, 4.69) is 5.32 Å². The summed E-state index contributed by atoms with van der Waals surface area (Å²) in [6.07, 6.45) is -1.94. The first-order valence-corrected chi connectivity index (χ1v) is 8.47. The molecule has 0 unspecified atom stereocenters. The van der Waals surface area contributed by atoms with E-state index in [1.807, 2.05) is 0 Å². The van der Waals surface area contributed by atoms with Crippen molar-refractivity contribution in [1.82, 2.24) is 0 Å². The molecule has 0 bridgehead atoms. The van der Waals surface area contributed by atoms with Crippen LogP contribution < -0.4 is 15.8 Å². The highest BCUT2D eigenvalue weighted by Crippen LogP contribution is 2.17. The molecule has 0 aliphatic rings. The lowest BCUT2D eigenvalue weighted by atomic mass is 10.2. The highest BCUT2D eigenvalue weighted by molar-refractivity contribution is 6.30. The Morgan fingerprint density at radius 2 is 1.56 bits per heavy atom. The number of hydrogen-bond donors (Lipinski definition) is 2. The maximum Gasteiger partial charge on any atom is 0.347 e. The number of primary amides is 1. The van der Waals surface area contributed by atoms with Gasteiger partial charge in [-0.3, -0.25) is 9.59 Å². The smallest absolute Gasteiger partial charge is 0.347 e. The molecule has 0 aromatic heterocycles. The van der Waals surface area contributed by atoms with Crippen LogP contribution in [0.5, 0.6) is 5.75 Å². The molecule has 0 saturated heterocycles. The third-order valence-electron chi connectivity index (χ3n) is 3.56. The number of nitrogens with two attached hydrogens (primary N) is 1. The maximum absolute atomic E-state index is 12.1. The fraction of sp³-hybridized carbons (Fsp3) is 0.211. The van der Waals surface area contributed by atoms with E-state index in [9.17, 15) is 14.4 Å². The molecule has 142 valence electrons. The first-order valence-electron chi connectivity index (χ1n) is 8.09. The molecule has 0 heterocycles. The molecule has 2 atom stereocenters. The van der Waals surface area contributed by atoms with E-state index >= 15 is 0 Å². The topological polar surface area (TPSA) is 108 Å². The summed E-state index contributed by atoms with van der Waals surface area (Å²) in [4.78, 5) is 35.3. The summed E-state index contributed by atoms with van der Waals surface area (Å²) in [5, 5.41) is 3.13. The van der Waals surface area contributed by atoms with Crippen LogP contribution in [0, 0.1) is 0 Å². The normalized spacial score (nSPS) is 12.6. The number of esters is 1. The lowest BCUT2D eigenvalue weighted by Crippen LogP contribution is -2.35. The molecule has 8 heteroatoms. The van der Waals surface area contributed by atoms with Crippen LogP contribution in [0.3, 0.4) is 0 Å². The zero-order valence-electron chi connectivity index (χ0n) is 14.8. The Balaban J connectivity index is 1.87. The van der Waals surface area contributed by atoms with Crippen molar-refractivity contribution in [3.8, 4) is 5.75 Å². The minimum absolute atomic E-state index is 0.320. The standard InChI is InChI=1S/C19H19ClN2O5/c1-11(18(24)22-15-7-3-13(4-8-15)17(21)23)27-19(25)12(2)26-16-9-5-14(20)6-10-16/h3-12H,1-2H3,(H2,21,23)(H,22,24)/t11-,12+/m0/s1. The third kappa shape index (κ3) is 6.00.